The number of carboxylic acids is 1. The molecule has 0 heterocycles. The van der Waals surface area contributed by atoms with Gasteiger partial charge in [-0.25, -0.2) is 0 Å². The molecule has 4 nitrogen and oxygen atoms in total. The van der Waals surface area contributed by atoms with E-state index in [0.29, 0.717) is 6.54 Å². The van der Waals surface area contributed by atoms with Gasteiger partial charge in [0, 0.05) is 12.6 Å². The molecule has 0 amide bonds. The molecule has 13 heavy (non-hydrogen) atoms. The zero-order chi connectivity index (χ0) is 10.4. The van der Waals surface area contributed by atoms with E-state index < -0.39 is 12.1 Å². The summed E-state index contributed by atoms with van der Waals surface area (Å²) in [6.07, 6.45) is 1.08. The van der Waals surface area contributed by atoms with Gasteiger partial charge in [0.05, 0.1) is 12.6 Å². The van der Waals surface area contributed by atoms with E-state index in [4.69, 9.17) is 5.11 Å². The Morgan fingerprint density at radius 2 is 2.15 bits per heavy atom. The SMILES string of the molecule is C=CCN(CC(=O)O)C(C)C(C)O. The van der Waals surface area contributed by atoms with Crippen LogP contribution >= 0.6 is 0 Å². The second kappa shape index (κ2) is 5.72. The third kappa shape index (κ3) is 4.65. The van der Waals surface area contributed by atoms with Crippen molar-refractivity contribution in [3.8, 4) is 0 Å². The van der Waals surface area contributed by atoms with Crippen LogP contribution in [0.3, 0.4) is 0 Å². The Kier molecular flexibility index (Phi) is 5.34. The highest BCUT2D eigenvalue weighted by molar-refractivity contribution is 5.69. The van der Waals surface area contributed by atoms with Crippen LogP contribution in [0, 0.1) is 0 Å². The zero-order valence-electron chi connectivity index (χ0n) is 8.10. The van der Waals surface area contributed by atoms with E-state index in [9.17, 15) is 9.90 Å². The molecular weight excluding hydrogens is 170 g/mol. The second-order valence-corrected chi connectivity index (χ2v) is 3.09. The number of aliphatic carboxylic acids is 1. The van der Waals surface area contributed by atoms with Crippen molar-refractivity contribution < 1.29 is 15.0 Å². The molecule has 0 spiro atoms. The Labute approximate surface area is 78.5 Å². The summed E-state index contributed by atoms with van der Waals surface area (Å²) in [5.74, 6) is -0.894. The van der Waals surface area contributed by atoms with Gasteiger partial charge in [0.15, 0.2) is 0 Å². The van der Waals surface area contributed by atoms with Gasteiger partial charge in [0.1, 0.15) is 0 Å². The van der Waals surface area contributed by atoms with E-state index in [1.165, 1.54) is 0 Å². The first-order valence-electron chi connectivity index (χ1n) is 4.23. The fraction of sp³-hybridized carbons (Fsp3) is 0.667. The maximum absolute atomic E-state index is 10.5. The molecule has 0 saturated heterocycles. The molecule has 2 atom stereocenters. The molecule has 0 radical (unpaired) electrons. The molecule has 0 bridgehead atoms. The molecule has 0 aliphatic rings. The van der Waals surface area contributed by atoms with Crippen molar-refractivity contribution in [3.05, 3.63) is 12.7 Å². The van der Waals surface area contributed by atoms with Crippen LogP contribution in [0.25, 0.3) is 0 Å². The summed E-state index contributed by atoms with van der Waals surface area (Å²) in [5.41, 5.74) is 0. The Morgan fingerprint density at radius 3 is 2.46 bits per heavy atom. The molecule has 2 N–H and O–H groups in total. The van der Waals surface area contributed by atoms with Crippen molar-refractivity contribution in [1.29, 1.82) is 0 Å². The van der Waals surface area contributed by atoms with Gasteiger partial charge in [-0.15, -0.1) is 6.58 Å². The smallest absolute Gasteiger partial charge is 0.317 e. The van der Waals surface area contributed by atoms with E-state index in [0.717, 1.165) is 0 Å². The molecule has 4 heteroatoms. The van der Waals surface area contributed by atoms with Crippen molar-refractivity contribution in [2.75, 3.05) is 13.1 Å². The molecule has 0 aromatic heterocycles. The lowest BCUT2D eigenvalue weighted by Crippen LogP contribution is -2.43. The molecule has 0 aliphatic carbocycles. The Balaban J connectivity index is 4.21. The lowest BCUT2D eigenvalue weighted by molar-refractivity contribution is -0.139. The number of hydrogen-bond donors (Lipinski definition) is 2. The minimum atomic E-state index is -0.894. The minimum absolute atomic E-state index is 0.0713. The van der Waals surface area contributed by atoms with Crippen LogP contribution in [0.1, 0.15) is 13.8 Å². The van der Waals surface area contributed by atoms with E-state index in [1.54, 1.807) is 24.8 Å². The van der Waals surface area contributed by atoms with Crippen molar-refractivity contribution in [2.45, 2.75) is 26.0 Å². The van der Waals surface area contributed by atoms with Crippen LogP contribution in [0.2, 0.25) is 0 Å². The molecule has 76 valence electrons. The predicted molar refractivity (Wildman–Crippen MR) is 50.5 cm³/mol. The number of carboxylic acid groups (broad SMARTS) is 1. The molecule has 0 saturated carbocycles. The van der Waals surface area contributed by atoms with Gasteiger partial charge in [-0.05, 0) is 13.8 Å². The molecular formula is C9H17NO3. The van der Waals surface area contributed by atoms with Gasteiger partial charge in [-0.1, -0.05) is 6.08 Å². The Hall–Kier alpha value is -0.870. The van der Waals surface area contributed by atoms with Crippen LogP contribution in [-0.2, 0) is 4.79 Å². The van der Waals surface area contributed by atoms with Crippen LogP contribution in [0.5, 0.6) is 0 Å². The number of nitrogens with zero attached hydrogens (tertiary/aromatic N) is 1. The van der Waals surface area contributed by atoms with E-state index in [1.807, 2.05) is 0 Å². The van der Waals surface area contributed by atoms with Gasteiger partial charge >= 0.3 is 5.97 Å². The lowest BCUT2D eigenvalue weighted by Gasteiger charge is -2.28. The van der Waals surface area contributed by atoms with E-state index in [-0.39, 0.29) is 12.6 Å². The Bertz CT molecular complexity index is 180. The molecule has 0 aliphatic heterocycles. The number of aliphatic hydroxyl groups excluding tert-OH is 1. The first-order chi connectivity index (χ1) is 5.99. The number of aliphatic hydroxyl groups is 1. The average molecular weight is 187 g/mol. The molecule has 2 unspecified atom stereocenters. The molecule has 0 rings (SSSR count). The molecule has 0 aromatic carbocycles. The first kappa shape index (κ1) is 12.1. The van der Waals surface area contributed by atoms with E-state index in [2.05, 4.69) is 6.58 Å². The van der Waals surface area contributed by atoms with Crippen molar-refractivity contribution in [2.24, 2.45) is 0 Å². The highest BCUT2D eigenvalue weighted by Gasteiger charge is 2.19. The van der Waals surface area contributed by atoms with Crippen LogP contribution in [0.4, 0.5) is 0 Å². The summed E-state index contributed by atoms with van der Waals surface area (Å²) >= 11 is 0. The summed E-state index contributed by atoms with van der Waals surface area (Å²) in [4.78, 5) is 12.1. The van der Waals surface area contributed by atoms with Gasteiger partial charge < -0.3 is 10.2 Å². The van der Waals surface area contributed by atoms with Crippen LogP contribution < -0.4 is 0 Å². The molecule has 0 aromatic rings. The highest BCUT2D eigenvalue weighted by atomic mass is 16.4. The van der Waals surface area contributed by atoms with Crippen LogP contribution in [0.15, 0.2) is 12.7 Å². The number of carbonyl (C=O) groups is 1. The maximum atomic E-state index is 10.5. The Morgan fingerprint density at radius 1 is 1.62 bits per heavy atom. The summed E-state index contributed by atoms with van der Waals surface area (Å²) in [7, 11) is 0. The third-order valence-corrected chi connectivity index (χ3v) is 1.98. The summed E-state index contributed by atoms with van der Waals surface area (Å²) in [6, 6.07) is -0.172. The quantitative estimate of drug-likeness (QED) is 0.588. The second-order valence-electron chi connectivity index (χ2n) is 3.09. The first-order valence-corrected chi connectivity index (χ1v) is 4.23. The van der Waals surface area contributed by atoms with Gasteiger partial charge in [0.25, 0.3) is 0 Å². The number of hydrogen-bond acceptors (Lipinski definition) is 3. The normalized spacial score (nSPS) is 15.4. The summed E-state index contributed by atoms with van der Waals surface area (Å²) in [5, 5.41) is 17.8. The van der Waals surface area contributed by atoms with Crippen molar-refractivity contribution >= 4 is 5.97 Å². The van der Waals surface area contributed by atoms with E-state index >= 15 is 0 Å². The topological polar surface area (TPSA) is 60.8 Å². The zero-order valence-corrected chi connectivity index (χ0v) is 8.10. The minimum Gasteiger partial charge on any atom is -0.480 e. The lowest BCUT2D eigenvalue weighted by atomic mass is 10.2. The standard InChI is InChI=1S/C9H17NO3/c1-4-5-10(6-9(12)13)7(2)8(3)11/h4,7-8,11H,1,5-6H2,2-3H3,(H,12,13). The monoisotopic (exact) mass is 187 g/mol. The molecule has 0 fully saturated rings. The fourth-order valence-electron chi connectivity index (χ4n) is 1.02. The maximum Gasteiger partial charge on any atom is 0.317 e. The highest BCUT2D eigenvalue weighted by Crippen LogP contribution is 2.03. The summed E-state index contributed by atoms with van der Waals surface area (Å²) in [6.45, 7) is 7.36. The summed E-state index contributed by atoms with van der Waals surface area (Å²) < 4.78 is 0. The van der Waals surface area contributed by atoms with Crippen molar-refractivity contribution in [1.82, 2.24) is 4.90 Å². The van der Waals surface area contributed by atoms with Gasteiger partial charge in [0.2, 0.25) is 0 Å². The number of rotatable bonds is 6. The third-order valence-electron chi connectivity index (χ3n) is 1.98. The largest absolute Gasteiger partial charge is 0.480 e. The van der Waals surface area contributed by atoms with Crippen molar-refractivity contribution in [3.63, 3.8) is 0 Å². The van der Waals surface area contributed by atoms with Crippen LogP contribution in [-0.4, -0.2) is 46.3 Å². The van der Waals surface area contributed by atoms with Gasteiger partial charge in [-0.2, -0.15) is 0 Å². The predicted octanol–water partition coefficient (Wildman–Crippen LogP) is 0.328. The average Bonchev–Trinajstić information content (AvgIpc) is 2.01. The fourth-order valence-corrected chi connectivity index (χ4v) is 1.02. The van der Waals surface area contributed by atoms with Gasteiger partial charge in [-0.3, -0.25) is 9.69 Å².